The second kappa shape index (κ2) is 5.21. The van der Waals surface area contributed by atoms with Crippen LogP contribution in [0.2, 0.25) is 0 Å². The van der Waals surface area contributed by atoms with Crippen LogP contribution in [0.15, 0.2) is 0 Å². The summed E-state index contributed by atoms with van der Waals surface area (Å²) >= 11 is 0. The molecule has 0 radical (unpaired) electrons. The van der Waals surface area contributed by atoms with Crippen molar-refractivity contribution < 1.29 is 14.6 Å². The number of nitrogens with zero attached hydrogens (tertiary/aromatic N) is 1. The van der Waals surface area contributed by atoms with Gasteiger partial charge in [-0.1, -0.05) is 12.8 Å². The van der Waals surface area contributed by atoms with Crippen molar-refractivity contribution in [1.29, 1.82) is 0 Å². The topological polar surface area (TPSA) is 49.8 Å². The summed E-state index contributed by atoms with van der Waals surface area (Å²) in [4.78, 5) is 14.2. The van der Waals surface area contributed by atoms with E-state index in [9.17, 15) is 9.90 Å². The predicted molar refractivity (Wildman–Crippen MR) is 78.6 cm³/mol. The smallest absolute Gasteiger partial charge is 0.410 e. The Morgan fingerprint density at radius 2 is 1.80 bits per heavy atom. The van der Waals surface area contributed by atoms with E-state index in [2.05, 4.69) is 6.92 Å². The van der Waals surface area contributed by atoms with Crippen LogP contribution in [0.5, 0.6) is 0 Å². The molecule has 1 aliphatic carbocycles. The highest BCUT2D eigenvalue weighted by atomic mass is 16.6. The fraction of sp³-hybridized carbons (Fsp3) is 0.938. The summed E-state index contributed by atoms with van der Waals surface area (Å²) in [6.07, 6.45) is 6.31. The summed E-state index contributed by atoms with van der Waals surface area (Å²) in [5.74, 6) is 0. The first-order valence-electron chi connectivity index (χ1n) is 7.87. The fourth-order valence-electron chi connectivity index (χ4n) is 3.75. The van der Waals surface area contributed by atoms with Gasteiger partial charge in [0.05, 0.1) is 5.60 Å². The number of carbonyl (C=O) groups excluding carboxylic acids is 1. The van der Waals surface area contributed by atoms with Crippen LogP contribution >= 0.6 is 0 Å². The van der Waals surface area contributed by atoms with Crippen molar-refractivity contribution >= 4 is 6.09 Å². The lowest BCUT2D eigenvalue weighted by atomic mass is 9.83. The molecule has 0 spiro atoms. The fourth-order valence-corrected chi connectivity index (χ4v) is 3.75. The molecule has 1 saturated carbocycles. The number of likely N-dealkylation sites (tertiary alicyclic amines) is 1. The summed E-state index contributed by atoms with van der Waals surface area (Å²) < 4.78 is 5.52. The highest BCUT2D eigenvalue weighted by molar-refractivity contribution is 5.69. The largest absolute Gasteiger partial charge is 0.444 e. The van der Waals surface area contributed by atoms with Gasteiger partial charge >= 0.3 is 6.09 Å². The molecule has 4 nitrogen and oxygen atoms in total. The minimum absolute atomic E-state index is 0.237. The van der Waals surface area contributed by atoms with Gasteiger partial charge in [0.1, 0.15) is 5.60 Å². The Labute approximate surface area is 122 Å². The van der Waals surface area contributed by atoms with Crippen molar-refractivity contribution in [3.63, 3.8) is 0 Å². The minimum Gasteiger partial charge on any atom is -0.444 e. The molecule has 1 aliphatic heterocycles. The van der Waals surface area contributed by atoms with E-state index >= 15 is 0 Å². The van der Waals surface area contributed by atoms with Gasteiger partial charge < -0.3 is 14.7 Å². The molecule has 4 heteroatoms. The molecule has 20 heavy (non-hydrogen) atoms. The van der Waals surface area contributed by atoms with Gasteiger partial charge in [-0.2, -0.15) is 0 Å². The average Bonchev–Trinajstić information content (AvgIpc) is 2.82. The van der Waals surface area contributed by atoms with Gasteiger partial charge in [-0.25, -0.2) is 4.79 Å². The Morgan fingerprint density at radius 1 is 1.20 bits per heavy atom. The van der Waals surface area contributed by atoms with E-state index in [0.29, 0.717) is 6.42 Å². The summed E-state index contributed by atoms with van der Waals surface area (Å²) in [5, 5.41) is 10.7. The zero-order valence-electron chi connectivity index (χ0n) is 13.4. The van der Waals surface area contributed by atoms with Gasteiger partial charge in [0.15, 0.2) is 0 Å². The molecule has 1 atom stereocenters. The van der Waals surface area contributed by atoms with E-state index < -0.39 is 11.2 Å². The van der Waals surface area contributed by atoms with Crippen molar-refractivity contribution in [2.24, 2.45) is 0 Å². The lowest BCUT2D eigenvalue weighted by molar-refractivity contribution is -0.0270. The van der Waals surface area contributed by atoms with Crippen LogP contribution in [-0.2, 0) is 4.74 Å². The summed E-state index contributed by atoms with van der Waals surface area (Å²) in [6, 6.07) is 0. The third kappa shape index (κ3) is 3.46. The van der Waals surface area contributed by atoms with E-state index in [1.807, 2.05) is 25.7 Å². The summed E-state index contributed by atoms with van der Waals surface area (Å²) in [6.45, 7) is 8.51. The van der Waals surface area contributed by atoms with Crippen LogP contribution < -0.4 is 0 Å². The van der Waals surface area contributed by atoms with Crippen LogP contribution in [-0.4, -0.2) is 39.4 Å². The number of rotatable bonds is 2. The van der Waals surface area contributed by atoms with Gasteiger partial charge in [-0.3, -0.25) is 0 Å². The monoisotopic (exact) mass is 283 g/mol. The maximum atomic E-state index is 12.4. The molecule has 2 rings (SSSR count). The number of carbonyl (C=O) groups is 1. The standard InChI is InChI=1S/C16H29NO3/c1-14(2,3)20-13(18)17-11-7-8-15(17,4)12-16(19)9-5-6-10-16/h19H,5-12H2,1-4H3/t15-/m1/s1. The van der Waals surface area contributed by atoms with Crippen molar-refractivity contribution in [3.8, 4) is 0 Å². The van der Waals surface area contributed by atoms with Crippen molar-refractivity contribution in [2.75, 3.05) is 6.54 Å². The zero-order valence-corrected chi connectivity index (χ0v) is 13.4. The van der Waals surface area contributed by atoms with Crippen molar-refractivity contribution in [3.05, 3.63) is 0 Å². The molecular formula is C16H29NO3. The normalized spacial score (nSPS) is 29.8. The molecule has 2 fully saturated rings. The lowest BCUT2D eigenvalue weighted by Crippen LogP contribution is -2.51. The van der Waals surface area contributed by atoms with Crippen LogP contribution in [0.25, 0.3) is 0 Å². The molecule has 1 heterocycles. The van der Waals surface area contributed by atoms with Gasteiger partial charge in [-0.15, -0.1) is 0 Å². The number of ether oxygens (including phenoxy) is 1. The van der Waals surface area contributed by atoms with Gasteiger partial charge in [-0.05, 0) is 59.8 Å². The van der Waals surface area contributed by atoms with E-state index in [1.54, 1.807) is 0 Å². The number of hydrogen-bond acceptors (Lipinski definition) is 3. The molecule has 2 aliphatic rings. The van der Waals surface area contributed by atoms with Crippen LogP contribution in [0.3, 0.4) is 0 Å². The second-order valence-corrected chi connectivity index (χ2v) is 7.84. The predicted octanol–water partition coefficient (Wildman–Crippen LogP) is 3.47. The first-order valence-corrected chi connectivity index (χ1v) is 7.87. The van der Waals surface area contributed by atoms with Gasteiger partial charge in [0.25, 0.3) is 0 Å². The minimum atomic E-state index is -0.584. The first kappa shape index (κ1) is 15.6. The Morgan fingerprint density at radius 3 is 2.35 bits per heavy atom. The Hall–Kier alpha value is -0.770. The molecule has 0 bridgehead atoms. The molecule has 1 amide bonds. The maximum absolute atomic E-state index is 12.4. The van der Waals surface area contributed by atoms with E-state index in [4.69, 9.17) is 4.74 Å². The van der Waals surface area contributed by atoms with Gasteiger partial charge in [0, 0.05) is 12.1 Å². The summed E-state index contributed by atoms with van der Waals surface area (Å²) in [5.41, 5.74) is -1.31. The lowest BCUT2D eigenvalue weighted by Gasteiger charge is -2.40. The Bertz CT molecular complexity index is 368. The average molecular weight is 283 g/mol. The van der Waals surface area contributed by atoms with Crippen LogP contribution in [0, 0.1) is 0 Å². The number of hydrogen-bond donors (Lipinski definition) is 1. The molecule has 0 aromatic rings. The molecule has 116 valence electrons. The SMILES string of the molecule is CC(C)(C)OC(=O)N1CCC[C@]1(C)CC1(O)CCCC1. The Balaban J connectivity index is 2.07. The zero-order chi connectivity index (χ0) is 15.0. The summed E-state index contributed by atoms with van der Waals surface area (Å²) in [7, 11) is 0. The van der Waals surface area contributed by atoms with E-state index in [-0.39, 0.29) is 11.6 Å². The number of aliphatic hydroxyl groups is 1. The maximum Gasteiger partial charge on any atom is 0.410 e. The van der Waals surface area contributed by atoms with Crippen LogP contribution in [0.1, 0.15) is 72.6 Å². The molecule has 1 N–H and O–H groups in total. The second-order valence-electron chi connectivity index (χ2n) is 7.84. The molecule has 0 unspecified atom stereocenters. The molecule has 1 saturated heterocycles. The third-order valence-corrected chi connectivity index (χ3v) is 4.61. The third-order valence-electron chi connectivity index (χ3n) is 4.61. The van der Waals surface area contributed by atoms with Crippen molar-refractivity contribution in [1.82, 2.24) is 4.90 Å². The van der Waals surface area contributed by atoms with Crippen LogP contribution in [0.4, 0.5) is 4.79 Å². The highest BCUT2D eigenvalue weighted by Crippen LogP contribution is 2.42. The first-order chi connectivity index (χ1) is 9.14. The van der Waals surface area contributed by atoms with Gasteiger partial charge in [0.2, 0.25) is 0 Å². The quantitative estimate of drug-likeness (QED) is 0.844. The molecule has 0 aromatic carbocycles. The molecule has 0 aromatic heterocycles. The molecular weight excluding hydrogens is 254 g/mol. The van der Waals surface area contributed by atoms with E-state index in [1.165, 1.54) is 0 Å². The van der Waals surface area contributed by atoms with E-state index in [0.717, 1.165) is 45.1 Å². The Kier molecular flexibility index (Phi) is 4.07. The number of amides is 1. The van der Waals surface area contributed by atoms with Crippen molar-refractivity contribution in [2.45, 2.75) is 89.4 Å². The highest BCUT2D eigenvalue weighted by Gasteiger charge is 2.47.